The molecule has 1 saturated heterocycles. The zero-order chi connectivity index (χ0) is 26.9. The lowest BCUT2D eigenvalue weighted by Gasteiger charge is -2.58. The molecule has 3 saturated carbocycles. The van der Waals surface area contributed by atoms with E-state index in [-0.39, 0.29) is 42.9 Å². The van der Waals surface area contributed by atoms with Gasteiger partial charge in [0.15, 0.2) is 12.5 Å². The number of aldehydes is 1. The molecular formula is C29H41ClFNO5. The monoisotopic (exact) mass is 537 g/mol. The molecule has 1 heterocycles. The first-order valence-electron chi connectivity index (χ1n) is 13.8. The molecule has 0 radical (unpaired) electrons. The molecule has 6 nitrogen and oxygen atoms in total. The van der Waals surface area contributed by atoms with Crippen LogP contribution in [0.15, 0.2) is 23.3 Å². The zero-order valence-corrected chi connectivity index (χ0v) is 23.2. The molecule has 0 aromatic carbocycles. The second-order valence-electron chi connectivity index (χ2n) is 12.8. The summed E-state index contributed by atoms with van der Waals surface area (Å²) in [6.45, 7) is 12.9. The fraction of sp³-hybridized carbons (Fsp3) is 0.793. The molecule has 0 amide bonds. The Labute approximate surface area is 224 Å². The van der Waals surface area contributed by atoms with Gasteiger partial charge in [-0.05, 0) is 55.8 Å². The molecule has 4 bridgehead atoms. The normalized spacial score (nSPS) is 47.0. The van der Waals surface area contributed by atoms with Crippen molar-refractivity contribution in [3.63, 3.8) is 0 Å². The number of nitrogens with zero attached hydrogens (tertiary/aromatic N) is 1. The number of hydrogen-bond acceptors (Lipinski definition) is 5. The Morgan fingerprint density at radius 1 is 1.35 bits per heavy atom. The number of carboxylic acids is 1. The van der Waals surface area contributed by atoms with Crippen LogP contribution in [0.5, 0.6) is 0 Å². The van der Waals surface area contributed by atoms with Crippen molar-refractivity contribution in [2.24, 2.45) is 45.8 Å². The van der Waals surface area contributed by atoms with E-state index >= 15 is 4.39 Å². The van der Waals surface area contributed by atoms with E-state index in [4.69, 9.17) is 21.1 Å². The van der Waals surface area contributed by atoms with Gasteiger partial charge in [0.05, 0.1) is 18.1 Å². The Kier molecular flexibility index (Phi) is 6.95. The van der Waals surface area contributed by atoms with E-state index in [0.717, 1.165) is 24.7 Å². The molecule has 37 heavy (non-hydrogen) atoms. The van der Waals surface area contributed by atoms with E-state index in [0.29, 0.717) is 36.9 Å². The summed E-state index contributed by atoms with van der Waals surface area (Å²) in [5.41, 5.74) is -2.25. The standard InChI is InChI=1S/C29H41ClFNO5/c1-16(2)23-8-20-9-27(14-33)22-7-6-17(3)21(22)10-28(20,29(23,27)26(34)35)15-36-25-24(31)13-32(11-18(4)30)12-19(5)37-25/h8,14,16-17,19-22,24-25H,4,6-7,9-13,15H2,1-3,5H3,(H,34,35)/t17-,19-,20+,21-,22-,24-,25-,27+,28+,29+/m1/s1. The Bertz CT molecular complexity index is 1000. The summed E-state index contributed by atoms with van der Waals surface area (Å²) in [7, 11) is 0. The summed E-state index contributed by atoms with van der Waals surface area (Å²) in [6, 6.07) is 0. The zero-order valence-electron chi connectivity index (χ0n) is 22.4. The van der Waals surface area contributed by atoms with Crippen LogP contribution in [0.2, 0.25) is 0 Å². The van der Waals surface area contributed by atoms with Gasteiger partial charge in [-0.1, -0.05) is 57.0 Å². The molecule has 0 spiro atoms. The SMILES string of the molecule is C=C(Cl)CN1C[C@@H](C)O[C@@H](OC[C@@]23C[C@@H]4[C@H](C)CC[C@H]4[C@@]4(C=O)C[C@@H]2C=C(C(C)C)[C@@]34C(=O)O)[C@H](F)C1. The maximum Gasteiger partial charge on any atom is 0.315 e. The number of aliphatic carboxylic acids is 1. The van der Waals surface area contributed by atoms with Crippen LogP contribution in [-0.4, -0.2) is 67.1 Å². The Hall–Kier alpha value is -1.28. The van der Waals surface area contributed by atoms with E-state index < -0.39 is 34.7 Å². The van der Waals surface area contributed by atoms with E-state index in [1.54, 1.807) is 0 Å². The lowest BCUT2D eigenvalue weighted by molar-refractivity contribution is -0.226. The lowest BCUT2D eigenvalue weighted by atomic mass is 9.43. The average Bonchev–Trinajstić information content (AvgIpc) is 3.34. The molecule has 206 valence electrons. The molecule has 4 aliphatic carbocycles. The van der Waals surface area contributed by atoms with Crippen molar-refractivity contribution < 1.29 is 28.6 Å². The van der Waals surface area contributed by atoms with Crippen molar-refractivity contribution in [2.75, 3.05) is 26.2 Å². The predicted molar refractivity (Wildman–Crippen MR) is 139 cm³/mol. The maximum absolute atomic E-state index is 15.5. The summed E-state index contributed by atoms with van der Waals surface area (Å²) >= 11 is 5.99. The van der Waals surface area contributed by atoms with Crippen LogP contribution in [-0.2, 0) is 19.1 Å². The number of allylic oxidation sites excluding steroid dienone is 1. The largest absolute Gasteiger partial charge is 0.481 e. The quantitative estimate of drug-likeness (QED) is 0.344. The number of alkyl halides is 1. The Morgan fingerprint density at radius 2 is 2.08 bits per heavy atom. The van der Waals surface area contributed by atoms with Crippen molar-refractivity contribution in [2.45, 2.75) is 71.9 Å². The number of carbonyl (C=O) groups excluding carboxylic acids is 1. The van der Waals surface area contributed by atoms with Crippen molar-refractivity contribution in [1.29, 1.82) is 0 Å². The highest BCUT2D eigenvalue weighted by atomic mass is 35.5. The third-order valence-electron chi connectivity index (χ3n) is 10.6. The van der Waals surface area contributed by atoms with Gasteiger partial charge in [-0.2, -0.15) is 0 Å². The summed E-state index contributed by atoms with van der Waals surface area (Å²) in [5.74, 6) is -0.323. The molecule has 0 aromatic heterocycles. The van der Waals surface area contributed by atoms with Crippen molar-refractivity contribution in [1.82, 2.24) is 4.90 Å². The molecule has 1 aliphatic heterocycles. The fourth-order valence-corrected chi connectivity index (χ4v) is 9.68. The molecule has 10 atom stereocenters. The van der Waals surface area contributed by atoms with Crippen LogP contribution in [0.1, 0.15) is 53.4 Å². The van der Waals surface area contributed by atoms with Gasteiger partial charge in [0.2, 0.25) is 0 Å². The van der Waals surface area contributed by atoms with E-state index in [1.807, 2.05) is 25.7 Å². The molecule has 1 N–H and O–H groups in total. The molecule has 4 fully saturated rings. The fourth-order valence-electron chi connectivity index (χ4n) is 9.51. The van der Waals surface area contributed by atoms with Gasteiger partial charge < -0.3 is 19.4 Å². The summed E-state index contributed by atoms with van der Waals surface area (Å²) in [6.07, 6.45) is 3.39. The first-order chi connectivity index (χ1) is 17.4. The minimum Gasteiger partial charge on any atom is -0.481 e. The van der Waals surface area contributed by atoms with E-state index in [2.05, 4.69) is 19.6 Å². The minimum absolute atomic E-state index is 0.0178. The second kappa shape index (κ2) is 9.42. The van der Waals surface area contributed by atoms with Crippen molar-refractivity contribution >= 4 is 23.9 Å². The summed E-state index contributed by atoms with van der Waals surface area (Å²) in [5, 5.41) is 11.5. The first kappa shape index (κ1) is 27.3. The highest BCUT2D eigenvalue weighted by molar-refractivity contribution is 6.29. The molecule has 5 aliphatic rings. The molecule has 0 unspecified atom stereocenters. The Morgan fingerprint density at radius 3 is 2.70 bits per heavy atom. The Balaban J connectivity index is 1.52. The average molecular weight is 538 g/mol. The summed E-state index contributed by atoms with van der Waals surface area (Å²) < 4.78 is 27.8. The van der Waals surface area contributed by atoms with Crippen LogP contribution < -0.4 is 0 Å². The van der Waals surface area contributed by atoms with Gasteiger partial charge in [0, 0.05) is 30.1 Å². The topological polar surface area (TPSA) is 76.1 Å². The number of rotatable bonds is 8. The number of halogens is 2. The molecular weight excluding hydrogens is 497 g/mol. The molecule has 8 heteroatoms. The predicted octanol–water partition coefficient (Wildman–Crippen LogP) is 5.07. The third-order valence-corrected chi connectivity index (χ3v) is 10.8. The van der Waals surface area contributed by atoms with Crippen LogP contribution >= 0.6 is 11.6 Å². The minimum atomic E-state index is -1.42. The van der Waals surface area contributed by atoms with Gasteiger partial charge in [-0.15, -0.1) is 0 Å². The van der Waals surface area contributed by atoms with Crippen LogP contribution in [0.4, 0.5) is 4.39 Å². The van der Waals surface area contributed by atoms with Crippen LogP contribution in [0.25, 0.3) is 0 Å². The number of fused-ring (bicyclic) bond motifs is 2. The van der Waals surface area contributed by atoms with E-state index in [9.17, 15) is 14.7 Å². The van der Waals surface area contributed by atoms with Gasteiger partial charge in [-0.25, -0.2) is 4.39 Å². The molecule has 0 aromatic rings. The van der Waals surface area contributed by atoms with Gasteiger partial charge in [0.1, 0.15) is 11.7 Å². The summed E-state index contributed by atoms with van der Waals surface area (Å²) in [4.78, 5) is 28.5. The lowest BCUT2D eigenvalue weighted by Crippen LogP contribution is -2.63. The number of ether oxygens (including phenoxy) is 2. The second-order valence-corrected chi connectivity index (χ2v) is 13.4. The van der Waals surface area contributed by atoms with Crippen molar-refractivity contribution in [3.8, 4) is 0 Å². The number of hydrogen-bond donors (Lipinski definition) is 1. The number of carboxylic acid groups (broad SMARTS) is 1. The highest BCUT2D eigenvalue weighted by Gasteiger charge is 2.84. The van der Waals surface area contributed by atoms with Gasteiger partial charge in [0.25, 0.3) is 0 Å². The first-order valence-corrected chi connectivity index (χ1v) is 14.2. The van der Waals surface area contributed by atoms with Gasteiger partial charge >= 0.3 is 5.97 Å². The maximum atomic E-state index is 15.5. The molecule has 5 rings (SSSR count). The van der Waals surface area contributed by atoms with Gasteiger partial charge in [-0.3, -0.25) is 9.69 Å². The van der Waals surface area contributed by atoms with Crippen LogP contribution in [0.3, 0.4) is 0 Å². The third kappa shape index (κ3) is 3.66. The van der Waals surface area contributed by atoms with E-state index in [1.165, 1.54) is 0 Å². The van der Waals surface area contributed by atoms with Crippen LogP contribution in [0, 0.1) is 45.8 Å². The smallest absolute Gasteiger partial charge is 0.315 e. The highest BCUT2D eigenvalue weighted by Crippen LogP contribution is 2.82. The van der Waals surface area contributed by atoms with Crippen molar-refractivity contribution in [3.05, 3.63) is 23.3 Å². The number of carbonyl (C=O) groups is 2.